The number of rotatable bonds is 7. The van der Waals surface area contributed by atoms with E-state index >= 15 is 0 Å². The standard InChI is InChI=1S/C20H23N3O3/c1-13(2)19(20(24)25)21-18-12-17(22-23-18)14-8-10-16(11-9-14)26-15-6-4-3-5-7-15/h3-11,13,18-19,21,23H,12H2,1-2H3,(H,24,25). The van der Waals surface area contributed by atoms with Gasteiger partial charge in [0.2, 0.25) is 0 Å². The van der Waals surface area contributed by atoms with Gasteiger partial charge in [0.15, 0.2) is 0 Å². The Balaban J connectivity index is 1.59. The molecule has 2 aromatic rings. The van der Waals surface area contributed by atoms with Gasteiger partial charge in [-0.2, -0.15) is 5.10 Å². The summed E-state index contributed by atoms with van der Waals surface area (Å²) in [5.74, 6) is 0.690. The summed E-state index contributed by atoms with van der Waals surface area (Å²) in [6, 6.07) is 16.7. The third kappa shape index (κ3) is 4.40. The summed E-state index contributed by atoms with van der Waals surface area (Å²) >= 11 is 0. The SMILES string of the molecule is CC(C)C(NC1CC(c2ccc(Oc3ccccc3)cc2)=NN1)C(=O)O. The first-order valence-electron chi connectivity index (χ1n) is 8.67. The predicted octanol–water partition coefficient (Wildman–Crippen LogP) is 3.20. The maximum absolute atomic E-state index is 11.3. The highest BCUT2D eigenvalue weighted by molar-refractivity contribution is 6.01. The van der Waals surface area contributed by atoms with E-state index in [-0.39, 0.29) is 12.1 Å². The second-order valence-corrected chi connectivity index (χ2v) is 6.61. The molecule has 2 atom stereocenters. The third-order valence-corrected chi connectivity index (χ3v) is 4.23. The molecule has 2 aromatic carbocycles. The normalized spacial score (nSPS) is 17.5. The van der Waals surface area contributed by atoms with Crippen LogP contribution in [0.25, 0.3) is 0 Å². The molecule has 3 N–H and O–H groups in total. The van der Waals surface area contributed by atoms with E-state index in [0.717, 1.165) is 22.8 Å². The van der Waals surface area contributed by atoms with Gasteiger partial charge in [-0.15, -0.1) is 0 Å². The molecule has 3 rings (SSSR count). The second-order valence-electron chi connectivity index (χ2n) is 6.61. The van der Waals surface area contributed by atoms with Crippen molar-refractivity contribution in [1.82, 2.24) is 10.7 Å². The summed E-state index contributed by atoms with van der Waals surface area (Å²) < 4.78 is 5.79. The van der Waals surface area contributed by atoms with Crippen molar-refractivity contribution in [3.63, 3.8) is 0 Å². The number of para-hydroxylation sites is 1. The molecule has 6 heteroatoms. The highest BCUT2D eigenvalue weighted by Crippen LogP contribution is 2.22. The molecule has 0 saturated carbocycles. The molecule has 0 aliphatic carbocycles. The van der Waals surface area contributed by atoms with Crippen molar-refractivity contribution in [1.29, 1.82) is 0 Å². The van der Waals surface area contributed by atoms with E-state index in [1.54, 1.807) is 0 Å². The molecule has 0 fully saturated rings. The fraction of sp³-hybridized carbons (Fsp3) is 0.300. The molecule has 0 bridgehead atoms. The maximum Gasteiger partial charge on any atom is 0.321 e. The first-order chi connectivity index (χ1) is 12.5. The van der Waals surface area contributed by atoms with Gasteiger partial charge in [0.1, 0.15) is 17.5 Å². The summed E-state index contributed by atoms with van der Waals surface area (Å²) in [6.07, 6.45) is 0.434. The molecular formula is C20H23N3O3. The smallest absolute Gasteiger partial charge is 0.321 e. The lowest BCUT2D eigenvalue weighted by molar-refractivity contribution is -0.141. The Labute approximate surface area is 152 Å². The fourth-order valence-corrected chi connectivity index (χ4v) is 2.82. The molecule has 0 aromatic heterocycles. The number of ether oxygens (including phenoxy) is 1. The van der Waals surface area contributed by atoms with Crippen molar-refractivity contribution in [3.8, 4) is 11.5 Å². The quantitative estimate of drug-likeness (QED) is 0.712. The molecule has 1 aliphatic rings. The van der Waals surface area contributed by atoms with Crippen LogP contribution >= 0.6 is 0 Å². The highest BCUT2D eigenvalue weighted by Gasteiger charge is 2.27. The van der Waals surface area contributed by atoms with Crippen LogP contribution < -0.4 is 15.5 Å². The van der Waals surface area contributed by atoms with Gasteiger partial charge in [-0.1, -0.05) is 32.0 Å². The minimum absolute atomic E-state index is 0.00670. The summed E-state index contributed by atoms with van der Waals surface area (Å²) in [6.45, 7) is 3.77. The van der Waals surface area contributed by atoms with Crippen molar-refractivity contribution in [2.24, 2.45) is 11.0 Å². The first-order valence-corrected chi connectivity index (χ1v) is 8.67. The molecule has 0 amide bonds. The van der Waals surface area contributed by atoms with E-state index in [1.165, 1.54) is 0 Å². The van der Waals surface area contributed by atoms with E-state index in [9.17, 15) is 9.90 Å². The van der Waals surface area contributed by atoms with Crippen LogP contribution in [0.1, 0.15) is 25.8 Å². The van der Waals surface area contributed by atoms with Gasteiger partial charge >= 0.3 is 5.97 Å². The van der Waals surface area contributed by atoms with Gasteiger partial charge in [-0.25, -0.2) is 0 Å². The molecule has 136 valence electrons. The number of hydrogen-bond donors (Lipinski definition) is 3. The van der Waals surface area contributed by atoms with Gasteiger partial charge < -0.3 is 9.84 Å². The van der Waals surface area contributed by atoms with Crippen LogP contribution in [0, 0.1) is 5.92 Å². The number of hydrazone groups is 1. The van der Waals surface area contributed by atoms with E-state index in [4.69, 9.17) is 4.74 Å². The maximum atomic E-state index is 11.3. The van der Waals surface area contributed by atoms with Crippen molar-refractivity contribution in [2.75, 3.05) is 0 Å². The summed E-state index contributed by atoms with van der Waals surface area (Å²) in [4.78, 5) is 11.3. The zero-order valence-corrected chi connectivity index (χ0v) is 14.8. The van der Waals surface area contributed by atoms with Crippen molar-refractivity contribution in [2.45, 2.75) is 32.5 Å². The van der Waals surface area contributed by atoms with Crippen LogP contribution in [0.4, 0.5) is 0 Å². The minimum Gasteiger partial charge on any atom is -0.480 e. The van der Waals surface area contributed by atoms with Crippen LogP contribution in [0.15, 0.2) is 59.7 Å². The average Bonchev–Trinajstić information content (AvgIpc) is 3.09. The minimum atomic E-state index is -0.849. The van der Waals surface area contributed by atoms with E-state index < -0.39 is 12.0 Å². The zero-order chi connectivity index (χ0) is 18.5. The van der Waals surface area contributed by atoms with Crippen molar-refractivity contribution < 1.29 is 14.6 Å². The number of nitrogens with zero attached hydrogens (tertiary/aromatic N) is 1. The Morgan fingerprint density at radius 1 is 1.15 bits per heavy atom. The fourth-order valence-electron chi connectivity index (χ4n) is 2.82. The van der Waals surface area contributed by atoms with Gasteiger partial charge in [0.25, 0.3) is 0 Å². The second kappa shape index (κ2) is 8.01. The summed E-state index contributed by atoms with van der Waals surface area (Å²) in [5, 5.41) is 16.7. The zero-order valence-electron chi connectivity index (χ0n) is 14.8. The Morgan fingerprint density at radius 3 is 2.42 bits per heavy atom. The first kappa shape index (κ1) is 17.9. The third-order valence-electron chi connectivity index (χ3n) is 4.23. The van der Waals surface area contributed by atoms with Gasteiger partial charge in [0.05, 0.1) is 11.9 Å². The van der Waals surface area contributed by atoms with Crippen LogP contribution in [-0.4, -0.2) is 29.0 Å². The molecule has 0 spiro atoms. The van der Waals surface area contributed by atoms with E-state index in [1.807, 2.05) is 68.4 Å². The molecule has 1 heterocycles. The Kier molecular flexibility index (Phi) is 5.53. The number of aliphatic carboxylic acids is 1. The lowest BCUT2D eigenvalue weighted by Gasteiger charge is -2.22. The van der Waals surface area contributed by atoms with Crippen LogP contribution in [-0.2, 0) is 4.79 Å². The number of carboxylic acid groups (broad SMARTS) is 1. The van der Waals surface area contributed by atoms with Crippen LogP contribution in [0.5, 0.6) is 11.5 Å². The Bertz CT molecular complexity index is 773. The lowest BCUT2D eigenvalue weighted by Crippen LogP contribution is -2.50. The number of carboxylic acids is 1. The summed E-state index contributed by atoms with van der Waals surface area (Å²) in [5.41, 5.74) is 4.86. The predicted molar refractivity (Wildman–Crippen MR) is 100 cm³/mol. The Morgan fingerprint density at radius 2 is 1.81 bits per heavy atom. The molecule has 1 aliphatic heterocycles. The van der Waals surface area contributed by atoms with Crippen molar-refractivity contribution >= 4 is 11.7 Å². The number of benzene rings is 2. The number of nitrogens with one attached hydrogen (secondary N) is 2. The van der Waals surface area contributed by atoms with Crippen molar-refractivity contribution in [3.05, 3.63) is 60.2 Å². The molecule has 2 unspecified atom stereocenters. The molecule has 0 saturated heterocycles. The van der Waals surface area contributed by atoms with Crippen LogP contribution in [0.2, 0.25) is 0 Å². The molecule has 6 nitrogen and oxygen atoms in total. The van der Waals surface area contributed by atoms with Gasteiger partial charge in [0, 0.05) is 6.42 Å². The van der Waals surface area contributed by atoms with E-state index in [2.05, 4.69) is 15.8 Å². The lowest BCUT2D eigenvalue weighted by atomic mass is 10.0. The average molecular weight is 353 g/mol. The monoisotopic (exact) mass is 353 g/mol. The number of hydrogen-bond acceptors (Lipinski definition) is 5. The number of carbonyl (C=O) groups is 1. The van der Waals surface area contributed by atoms with Crippen LogP contribution in [0.3, 0.4) is 0 Å². The molecule has 26 heavy (non-hydrogen) atoms. The largest absolute Gasteiger partial charge is 0.480 e. The molecular weight excluding hydrogens is 330 g/mol. The molecule has 0 radical (unpaired) electrons. The van der Waals surface area contributed by atoms with Gasteiger partial charge in [-0.05, 0) is 47.9 Å². The Hall–Kier alpha value is -2.86. The topological polar surface area (TPSA) is 83.0 Å². The highest BCUT2D eigenvalue weighted by atomic mass is 16.5. The van der Waals surface area contributed by atoms with E-state index in [0.29, 0.717) is 6.42 Å². The summed E-state index contributed by atoms with van der Waals surface area (Å²) in [7, 11) is 0. The van der Waals surface area contributed by atoms with Gasteiger partial charge in [-0.3, -0.25) is 15.5 Å².